The van der Waals surface area contributed by atoms with Gasteiger partial charge in [0, 0.05) is 72.5 Å². The molecule has 0 amide bonds. The molecule has 4 nitrogen and oxygen atoms in total. The van der Waals surface area contributed by atoms with Crippen molar-refractivity contribution in [2.24, 2.45) is 177 Å². The summed E-state index contributed by atoms with van der Waals surface area (Å²) < 4.78 is 0. The van der Waals surface area contributed by atoms with E-state index in [0.29, 0.717) is 10.8 Å². The maximum absolute atomic E-state index is 4.21. The molecule has 3 saturated heterocycles. The predicted octanol–water partition coefficient (Wildman–Crippen LogP) is 34.2. The van der Waals surface area contributed by atoms with Gasteiger partial charge in [-0.25, -0.2) is 0 Å². The summed E-state index contributed by atoms with van der Waals surface area (Å²) in [6.07, 6.45) is 119. The average Bonchev–Trinajstić information content (AvgIpc) is 0.871. The van der Waals surface area contributed by atoms with Gasteiger partial charge >= 0.3 is 0 Å². The molecule has 27 atom stereocenters. The van der Waals surface area contributed by atoms with Gasteiger partial charge in [-0.15, -0.1) is 0 Å². The van der Waals surface area contributed by atoms with Crippen LogP contribution in [0.3, 0.4) is 0 Å². The molecule has 131 heavy (non-hydrogen) atoms. The molecule has 0 spiro atoms. The second-order valence-electron chi connectivity index (χ2n) is 58.8. The van der Waals surface area contributed by atoms with Crippen LogP contribution < -0.4 is 0 Å². The van der Waals surface area contributed by atoms with Crippen molar-refractivity contribution in [2.45, 2.75) is 613 Å². The van der Waals surface area contributed by atoms with Crippen LogP contribution in [-0.4, -0.2) is 98.8 Å². The van der Waals surface area contributed by atoms with Crippen molar-refractivity contribution in [1.82, 2.24) is 19.6 Å². The lowest BCUT2D eigenvalue weighted by Crippen LogP contribution is -2.78. The Morgan fingerprint density at radius 2 is 0.511 bits per heavy atom. The number of hydrogen-bond acceptors (Lipinski definition) is 4. The SMILES string of the molecule is CC(C)(C)C1CC2CCC3CC(C(C)(C)C)CC4C(C5CCC6B7C8CCC(N9C%10CCCCC%10C%10CCCCC%109)CC8N(C8C(C9CCCCC9)CC(C9CCCCC9)CC8C8CCCCC8)C8CC(N(C9CCC(C%10CCCCC%10)CC9)C9CCC(C%10CCCCC%10)CC9)CC(C78)N(C7C(C8CCCCC8)CC(C8CCCCC8)CC7C7CCCCC7)C6C5)CC(C1)C2C34. The first-order chi connectivity index (χ1) is 64.2. The van der Waals surface area contributed by atoms with Gasteiger partial charge in [-0.3, -0.25) is 19.6 Å². The van der Waals surface area contributed by atoms with Crippen LogP contribution in [0.15, 0.2) is 0 Å². The van der Waals surface area contributed by atoms with Crippen LogP contribution >= 0.6 is 0 Å². The predicted molar refractivity (Wildman–Crippen MR) is 553 cm³/mol. The Morgan fingerprint density at radius 1 is 0.191 bits per heavy atom. The molecule has 27 unspecified atom stereocenters. The van der Waals surface area contributed by atoms with Gasteiger partial charge in [0.05, 0.1) is 0 Å². The van der Waals surface area contributed by atoms with E-state index in [2.05, 4.69) is 61.1 Å². The highest BCUT2D eigenvalue weighted by atomic mass is 15.3. The minimum absolute atomic E-state index is 0.418. The molecule has 24 fully saturated rings. The average molecular weight is 1790 g/mol. The second kappa shape index (κ2) is 40.5. The molecule has 0 aromatic rings. The summed E-state index contributed by atoms with van der Waals surface area (Å²) in [6.45, 7) is 17.5. The van der Waals surface area contributed by atoms with E-state index in [1.54, 1.807) is 469 Å². The van der Waals surface area contributed by atoms with E-state index < -0.39 is 0 Å². The van der Waals surface area contributed by atoms with E-state index in [1.165, 1.54) is 12.8 Å². The molecular formula is C126H211BN4. The molecule has 24 rings (SSSR count). The first-order valence-electron chi connectivity index (χ1n) is 63.3. The Balaban J connectivity index is 0.715. The van der Waals surface area contributed by atoms with Crippen molar-refractivity contribution >= 4 is 6.71 Å². The quantitative estimate of drug-likeness (QED) is 0.152. The van der Waals surface area contributed by atoms with E-state index >= 15 is 0 Å². The number of likely N-dealkylation sites (tertiary alicyclic amines) is 1. The summed E-state index contributed by atoms with van der Waals surface area (Å²) in [4.78, 5) is 15.9. The maximum Gasteiger partial charge on any atom is 0.156 e. The Bertz CT molecular complexity index is 3460. The molecule has 0 radical (unpaired) electrons. The van der Waals surface area contributed by atoms with Gasteiger partial charge in [0.25, 0.3) is 0 Å². The lowest BCUT2D eigenvalue weighted by molar-refractivity contribution is -0.162. The third-order valence-corrected chi connectivity index (χ3v) is 51.7. The highest BCUT2D eigenvalue weighted by Gasteiger charge is 2.71. The van der Waals surface area contributed by atoms with Crippen LogP contribution in [0, 0.1) is 177 Å². The van der Waals surface area contributed by atoms with Gasteiger partial charge in [0.1, 0.15) is 0 Å². The van der Waals surface area contributed by atoms with Crippen molar-refractivity contribution in [1.29, 1.82) is 0 Å². The van der Waals surface area contributed by atoms with Gasteiger partial charge in [-0.2, -0.15) is 0 Å². The number of nitrogens with zero attached hydrogens (tertiary/aromatic N) is 4. The summed E-state index contributed by atoms with van der Waals surface area (Å²) in [5.41, 5.74) is 0.851. The molecule has 3 heterocycles. The molecule has 0 aromatic carbocycles. The second-order valence-corrected chi connectivity index (χ2v) is 58.8. The van der Waals surface area contributed by atoms with Crippen molar-refractivity contribution in [3.63, 3.8) is 0 Å². The van der Waals surface area contributed by atoms with Crippen LogP contribution in [0.4, 0.5) is 0 Å². The fourth-order valence-electron chi connectivity index (χ4n) is 46.4. The van der Waals surface area contributed by atoms with E-state index in [-0.39, 0.29) is 0 Å². The summed E-state index contributed by atoms with van der Waals surface area (Å²) in [6, 6.07) is 9.95. The monoisotopic (exact) mass is 1790 g/mol. The number of hydrogen-bond donors (Lipinski definition) is 0. The Labute approximate surface area is 810 Å². The molecule has 3 aliphatic heterocycles. The minimum atomic E-state index is 0.418. The molecule has 21 saturated carbocycles. The molecule has 21 aliphatic carbocycles. The number of fused-ring (bicyclic) bond motifs is 7. The summed E-state index contributed by atoms with van der Waals surface area (Å²) >= 11 is 0. The van der Waals surface area contributed by atoms with Gasteiger partial charge in [0.2, 0.25) is 0 Å². The van der Waals surface area contributed by atoms with Gasteiger partial charge in [-0.05, 0) is 374 Å². The largest absolute Gasteiger partial charge is 0.295 e. The molecule has 0 N–H and O–H groups in total. The van der Waals surface area contributed by atoms with E-state index in [1.807, 2.05) is 0 Å². The number of rotatable bonds is 15. The van der Waals surface area contributed by atoms with Crippen molar-refractivity contribution in [2.75, 3.05) is 0 Å². The van der Waals surface area contributed by atoms with Crippen molar-refractivity contribution in [3.05, 3.63) is 0 Å². The highest BCUT2D eigenvalue weighted by Crippen LogP contribution is 2.73. The lowest BCUT2D eigenvalue weighted by atomic mass is 9.18. The van der Waals surface area contributed by atoms with E-state index in [0.717, 1.165) is 262 Å². The Kier molecular flexibility index (Phi) is 28.8. The fourth-order valence-corrected chi connectivity index (χ4v) is 46.4. The summed E-state index contributed by atoms with van der Waals surface area (Å²) in [5, 5.41) is 0. The maximum atomic E-state index is 4.21. The minimum Gasteiger partial charge on any atom is -0.295 e. The smallest absolute Gasteiger partial charge is 0.156 e. The zero-order chi connectivity index (χ0) is 87.7. The van der Waals surface area contributed by atoms with Crippen LogP contribution in [0.5, 0.6) is 0 Å². The standard InChI is InChI=1S/C126H211BN4/c1-125(2,3)98-69-93-55-56-94-70-99(126(4,5)6)78-111-106(76-97(71-98)120(93)121(94)111)92-61-67-112-116(77-92)130(123-107(88-43-23-11-24-44-88)72-95(84-39-19-9-20-40-84)73-108(123)89-45-25-12-26-46-89)118-80-103(128(100-62-57-86(58-63-100)82-35-15-7-16-36-82)101-64-59-87(60-65-101)83-37-17-8-18-38-83)81-119-122(118)127(112)113-68-66-102(129-114-53-33-31-51-104(114)105-52-32-34-54-115(105)129)79-117(113)131(119)124-109(90-47-27-13-28-48-90)74-96(85-41-21-10-22-42-85)75-110(124)91-49-29-14-30-50-91/h82-124H,7-81H2,1-6H3. The summed E-state index contributed by atoms with van der Waals surface area (Å²) in [5.74, 6) is 30.5. The molecule has 5 heteroatoms. The normalized spacial score (nSPS) is 48.5. The highest BCUT2D eigenvalue weighted by molar-refractivity contribution is 6.65. The molecule has 0 bridgehead atoms. The van der Waals surface area contributed by atoms with Crippen LogP contribution in [0.25, 0.3) is 0 Å². The first-order valence-corrected chi connectivity index (χ1v) is 63.3. The van der Waals surface area contributed by atoms with E-state index in [9.17, 15) is 0 Å². The molecule has 738 valence electrons. The first kappa shape index (κ1) is 93.3. The fraction of sp³-hybridized carbons (Fsp3) is 1.00. The van der Waals surface area contributed by atoms with Crippen LogP contribution in [0.1, 0.15) is 523 Å². The van der Waals surface area contributed by atoms with Crippen LogP contribution in [0.2, 0.25) is 17.5 Å². The molecular weight excluding hydrogens is 1580 g/mol. The zero-order valence-corrected chi connectivity index (χ0v) is 87.2. The molecule has 24 aliphatic rings. The van der Waals surface area contributed by atoms with Crippen LogP contribution in [-0.2, 0) is 0 Å². The van der Waals surface area contributed by atoms with E-state index in [4.69, 9.17) is 0 Å². The Morgan fingerprint density at radius 3 is 0.924 bits per heavy atom. The Hall–Kier alpha value is -0.0951. The summed E-state index contributed by atoms with van der Waals surface area (Å²) in [7, 11) is 0. The lowest BCUT2D eigenvalue weighted by Gasteiger charge is -2.73. The van der Waals surface area contributed by atoms with Crippen molar-refractivity contribution in [3.8, 4) is 0 Å². The molecule has 0 aromatic heterocycles. The van der Waals surface area contributed by atoms with Gasteiger partial charge in [-0.1, -0.05) is 343 Å². The third kappa shape index (κ3) is 18.3. The zero-order valence-electron chi connectivity index (χ0n) is 87.2. The van der Waals surface area contributed by atoms with Crippen molar-refractivity contribution < 1.29 is 0 Å². The van der Waals surface area contributed by atoms with Gasteiger partial charge in [0.15, 0.2) is 6.71 Å². The van der Waals surface area contributed by atoms with Gasteiger partial charge < -0.3 is 0 Å². The topological polar surface area (TPSA) is 13.0 Å². The third-order valence-electron chi connectivity index (χ3n) is 51.7.